The predicted molar refractivity (Wildman–Crippen MR) is 35.1 cm³/mol. The first-order valence-corrected chi connectivity index (χ1v) is 3.32. The van der Waals surface area contributed by atoms with Crippen molar-refractivity contribution in [1.82, 2.24) is 10.6 Å². The summed E-state index contributed by atoms with van der Waals surface area (Å²) in [5, 5.41) is 5.88. The smallest absolute Gasteiger partial charge is 0.236 e. The molecule has 1 aliphatic heterocycles. The fraction of sp³-hybridized carbons (Fsp3) is 0.833. The maximum atomic E-state index is 10.8. The molecule has 1 heterocycles. The van der Waals surface area contributed by atoms with Crippen LogP contribution in [0.1, 0.15) is 13.3 Å². The van der Waals surface area contributed by atoms with Crippen LogP contribution in [-0.2, 0) is 4.79 Å². The first-order valence-electron chi connectivity index (χ1n) is 3.32. The van der Waals surface area contributed by atoms with E-state index in [1.165, 1.54) is 0 Å². The molecule has 1 aliphatic rings. The molecule has 3 heteroatoms. The normalized spacial score (nSPS) is 29.0. The van der Waals surface area contributed by atoms with Gasteiger partial charge in [-0.15, -0.1) is 0 Å². The second-order valence-electron chi connectivity index (χ2n) is 2.32. The number of hydrogen-bond acceptors (Lipinski definition) is 2. The van der Waals surface area contributed by atoms with E-state index in [4.69, 9.17) is 0 Å². The highest BCUT2D eigenvalue weighted by molar-refractivity contribution is 5.81. The average Bonchev–Trinajstić information content (AvgIpc) is 1.99. The fourth-order valence-electron chi connectivity index (χ4n) is 0.864. The molecule has 1 rings (SSSR count). The molecule has 3 nitrogen and oxygen atoms in total. The van der Waals surface area contributed by atoms with Crippen molar-refractivity contribution in [3.8, 4) is 0 Å². The third kappa shape index (κ3) is 1.68. The summed E-state index contributed by atoms with van der Waals surface area (Å²) >= 11 is 0. The van der Waals surface area contributed by atoms with Crippen LogP contribution in [-0.4, -0.2) is 25.0 Å². The van der Waals surface area contributed by atoms with Crippen molar-refractivity contribution in [2.24, 2.45) is 0 Å². The van der Waals surface area contributed by atoms with E-state index in [2.05, 4.69) is 10.6 Å². The highest BCUT2D eigenvalue weighted by Gasteiger charge is 2.13. The third-order valence-electron chi connectivity index (χ3n) is 1.50. The lowest BCUT2D eigenvalue weighted by Gasteiger charge is -2.05. The highest BCUT2D eigenvalue weighted by Crippen LogP contribution is 1.87. The molecule has 1 saturated heterocycles. The van der Waals surface area contributed by atoms with Crippen LogP contribution in [0.2, 0.25) is 0 Å². The monoisotopic (exact) mass is 128 g/mol. The van der Waals surface area contributed by atoms with Crippen molar-refractivity contribution in [3.05, 3.63) is 0 Å². The molecule has 0 spiro atoms. The van der Waals surface area contributed by atoms with E-state index in [1.807, 2.05) is 6.92 Å². The molecule has 0 aromatic rings. The molecule has 0 saturated carbocycles. The topological polar surface area (TPSA) is 41.1 Å². The number of rotatable bonds is 0. The first kappa shape index (κ1) is 6.55. The minimum atomic E-state index is -0.00694. The molecular weight excluding hydrogens is 116 g/mol. The molecule has 0 aliphatic carbocycles. The molecule has 1 amide bonds. The van der Waals surface area contributed by atoms with Crippen molar-refractivity contribution in [2.75, 3.05) is 13.1 Å². The van der Waals surface area contributed by atoms with Gasteiger partial charge in [0.15, 0.2) is 0 Å². The van der Waals surface area contributed by atoms with Crippen molar-refractivity contribution in [3.63, 3.8) is 0 Å². The molecule has 0 aromatic heterocycles. The van der Waals surface area contributed by atoms with Gasteiger partial charge in [-0.05, 0) is 19.9 Å². The van der Waals surface area contributed by atoms with Gasteiger partial charge in [-0.2, -0.15) is 0 Å². The van der Waals surface area contributed by atoms with Crippen LogP contribution in [0.4, 0.5) is 0 Å². The Kier molecular flexibility index (Phi) is 2.05. The van der Waals surface area contributed by atoms with Gasteiger partial charge >= 0.3 is 0 Å². The average molecular weight is 128 g/mol. The summed E-state index contributed by atoms with van der Waals surface area (Å²) < 4.78 is 0. The lowest BCUT2D eigenvalue weighted by molar-refractivity contribution is -0.122. The zero-order valence-electron chi connectivity index (χ0n) is 5.61. The summed E-state index contributed by atoms with van der Waals surface area (Å²) in [4.78, 5) is 10.8. The van der Waals surface area contributed by atoms with Gasteiger partial charge in [0.2, 0.25) is 5.91 Å². The minimum Gasteiger partial charge on any atom is -0.355 e. The van der Waals surface area contributed by atoms with E-state index in [0.29, 0.717) is 0 Å². The van der Waals surface area contributed by atoms with Crippen LogP contribution in [0.5, 0.6) is 0 Å². The number of nitrogens with one attached hydrogen (secondary N) is 2. The van der Waals surface area contributed by atoms with Crippen LogP contribution in [0.3, 0.4) is 0 Å². The second-order valence-corrected chi connectivity index (χ2v) is 2.32. The van der Waals surface area contributed by atoms with Crippen molar-refractivity contribution >= 4 is 5.91 Å². The van der Waals surface area contributed by atoms with Gasteiger partial charge in [-0.25, -0.2) is 0 Å². The van der Waals surface area contributed by atoms with Crippen LogP contribution < -0.4 is 10.6 Å². The summed E-state index contributed by atoms with van der Waals surface area (Å²) in [6.45, 7) is 3.64. The number of amides is 1. The standard InChI is InChI=1S/C6H12N2O/c1-5-6(9)8-4-2-3-7-5/h5,7H,2-4H2,1H3,(H,8,9). The highest BCUT2D eigenvalue weighted by atomic mass is 16.2. The summed E-state index contributed by atoms with van der Waals surface area (Å²) in [6, 6.07) is -0.00694. The maximum absolute atomic E-state index is 10.8. The third-order valence-corrected chi connectivity index (χ3v) is 1.50. The SMILES string of the molecule is CC1NCCCNC1=O. The minimum absolute atomic E-state index is 0.00694. The Bertz CT molecular complexity index is 114. The Labute approximate surface area is 54.8 Å². The summed E-state index contributed by atoms with van der Waals surface area (Å²) in [5.41, 5.74) is 0. The molecule has 2 N–H and O–H groups in total. The molecule has 0 bridgehead atoms. The number of carbonyl (C=O) groups excluding carboxylic acids is 1. The first-order chi connectivity index (χ1) is 4.30. The Morgan fingerprint density at radius 3 is 3.11 bits per heavy atom. The Morgan fingerprint density at radius 1 is 1.56 bits per heavy atom. The zero-order valence-corrected chi connectivity index (χ0v) is 5.61. The van der Waals surface area contributed by atoms with E-state index < -0.39 is 0 Å². The molecule has 1 atom stereocenters. The van der Waals surface area contributed by atoms with Gasteiger partial charge in [0, 0.05) is 6.54 Å². The number of hydrogen-bond donors (Lipinski definition) is 2. The van der Waals surface area contributed by atoms with Gasteiger partial charge in [-0.3, -0.25) is 4.79 Å². The lowest BCUT2D eigenvalue weighted by atomic mass is 10.3. The van der Waals surface area contributed by atoms with Gasteiger partial charge in [0.1, 0.15) is 0 Å². The van der Waals surface area contributed by atoms with Gasteiger partial charge < -0.3 is 10.6 Å². The lowest BCUT2D eigenvalue weighted by Crippen LogP contribution is -2.38. The fourth-order valence-corrected chi connectivity index (χ4v) is 0.864. The van der Waals surface area contributed by atoms with E-state index in [9.17, 15) is 4.79 Å². The van der Waals surface area contributed by atoms with Crippen LogP contribution in [0.25, 0.3) is 0 Å². The molecule has 0 aromatic carbocycles. The molecular formula is C6H12N2O. The van der Waals surface area contributed by atoms with Gasteiger partial charge in [0.05, 0.1) is 6.04 Å². The summed E-state index contributed by atoms with van der Waals surface area (Å²) in [7, 11) is 0. The van der Waals surface area contributed by atoms with E-state index >= 15 is 0 Å². The van der Waals surface area contributed by atoms with Gasteiger partial charge in [-0.1, -0.05) is 0 Å². The van der Waals surface area contributed by atoms with E-state index in [0.717, 1.165) is 19.5 Å². The van der Waals surface area contributed by atoms with Crippen molar-refractivity contribution in [1.29, 1.82) is 0 Å². The van der Waals surface area contributed by atoms with Gasteiger partial charge in [0.25, 0.3) is 0 Å². The second kappa shape index (κ2) is 2.82. The molecule has 0 radical (unpaired) electrons. The van der Waals surface area contributed by atoms with E-state index in [-0.39, 0.29) is 11.9 Å². The van der Waals surface area contributed by atoms with Crippen LogP contribution >= 0.6 is 0 Å². The molecule has 1 unspecified atom stereocenters. The number of carbonyl (C=O) groups is 1. The van der Waals surface area contributed by atoms with Crippen molar-refractivity contribution in [2.45, 2.75) is 19.4 Å². The summed E-state index contributed by atoms with van der Waals surface area (Å²) in [6.07, 6.45) is 1.04. The molecule has 1 fully saturated rings. The largest absolute Gasteiger partial charge is 0.355 e. The Morgan fingerprint density at radius 2 is 2.33 bits per heavy atom. The van der Waals surface area contributed by atoms with Crippen LogP contribution in [0.15, 0.2) is 0 Å². The van der Waals surface area contributed by atoms with E-state index in [1.54, 1.807) is 0 Å². The zero-order chi connectivity index (χ0) is 6.69. The Balaban J connectivity index is 2.41. The molecule has 52 valence electrons. The quantitative estimate of drug-likeness (QED) is 0.461. The Hall–Kier alpha value is -0.570. The predicted octanol–water partition coefficient (Wildman–Crippen LogP) is -0.516. The molecule has 9 heavy (non-hydrogen) atoms. The van der Waals surface area contributed by atoms with Crippen molar-refractivity contribution < 1.29 is 4.79 Å². The summed E-state index contributed by atoms with van der Waals surface area (Å²) in [5.74, 6) is 0.118. The maximum Gasteiger partial charge on any atom is 0.236 e. The van der Waals surface area contributed by atoms with Crippen LogP contribution in [0, 0.1) is 0 Å².